The van der Waals surface area contributed by atoms with Gasteiger partial charge in [-0.25, -0.2) is 0 Å². The van der Waals surface area contributed by atoms with Gasteiger partial charge in [-0.15, -0.1) is 0 Å². The lowest BCUT2D eigenvalue weighted by Crippen LogP contribution is -1.98. The van der Waals surface area contributed by atoms with Crippen molar-refractivity contribution < 1.29 is 4.74 Å². The standard InChI is InChI=1S/C9H8O.P/c1-2-6-9-8(4-1)5-3-7-10-9;/h1-6H,7H2;. The van der Waals surface area contributed by atoms with Gasteiger partial charge in [-0.3, -0.25) is 0 Å². The van der Waals surface area contributed by atoms with Gasteiger partial charge >= 0.3 is 0 Å². The summed E-state index contributed by atoms with van der Waals surface area (Å²) in [5.74, 6) is 0.991. The summed E-state index contributed by atoms with van der Waals surface area (Å²) in [6.07, 6.45) is 4.10. The van der Waals surface area contributed by atoms with Crippen molar-refractivity contribution in [1.29, 1.82) is 0 Å². The molecule has 0 aliphatic carbocycles. The van der Waals surface area contributed by atoms with Crippen molar-refractivity contribution in [3.63, 3.8) is 0 Å². The number of ether oxygens (including phenoxy) is 1. The van der Waals surface area contributed by atoms with Gasteiger partial charge in [0, 0.05) is 15.5 Å². The summed E-state index contributed by atoms with van der Waals surface area (Å²) < 4.78 is 5.34. The van der Waals surface area contributed by atoms with Gasteiger partial charge in [0.25, 0.3) is 0 Å². The van der Waals surface area contributed by atoms with Crippen LogP contribution in [0.2, 0.25) is 0 Å². The van der Waals surface area contributed by atoms with Gasteiger partial charge in [-0.05, 0) is 12.1 Å². The van der Waals surface area contributed by atoms with Gasteiger partial charge in [-0.1, -0.05) is 24.3 Å². The van der Waals surface area contributed by atoms with Crippen LogP contribution in [0.1, 0.15) is 5.56 Å². The fourth-order valence-electron chi connectivity index (χ4n) is 1.06. The van der Waals surface area contributed by atoms with E-state index < -0.39 is 0 Å². The maximum absolute atomic E-state index is 5.34. The third-order valence-electron chi connectivity index (χ3n) is 1.55. The molecule has 11 heavy (non-hydrogen) atoms. The van der Waals surface area contributed by atoms with Gasteiger partial charge in [0.1, 0.15) is 12.4 Å². The van der Waals surface area contributed by atoms with Gasteiger partial charge in [-0.2, -0.15) is 0 Å². The Labute approximate surface area is 69.7 Å². The van der Waals surface area contributed by atoms with Crippen molar-refractivity contribution in [2.75, 3.05) is 6.61 Å². The minimum Gasteiger partial charge on any atom is -0.489 e. The van der Waals surface area contributed by atoms with Crippen molar-refractivity contribution in [2.45, 2.75) is 0 Å². The number of rotatable bonds is 0. The second-order valence-electron chi connectivity index (χ2n) is 2.25. The molecule has 1 aliphatic heterocycles. The molecule has 1 heterocycles. The van der Waals surface area contributed by atoms with E-state index in [1.54, 1.807) is 0 Å². The van der Waals surface area contributed by atoms with Crippen LogP contribution in [0, 0.1) is 0 Å². The summed E-state index contributed by atoms with van der Waals surface area (Å²) in [5.41, 5.74) is 1.17. The topological polar surface area (TPSA) is 9.23 Å². The molecule has 1 aromatic carbocycles. The zero-order chi connectivity index (χ0) is 6.81. The smallest absolute Gasteiger partial charge is 0.126 e. The van der Waals surface area contributed by atoms with Gasteiger partial charge in [0.05, 0.1) is 0 Å². The summed E-state index contributed by atoms with van der Waals surface area (Å²) in [4.78, 5) is 0. The van der Waals surface area contributed by atoms with Crippen molar-refractivity contribution in [3.05, 3.63) is 35.9 Å². The number of fused-ring (bicyclic) bond motifs is 1. The molecule has 0 aromatic heterocycles. The van der Waals surface area contributed by atoms with Gasteiger partial charge < -0.3 is 4.74 Å². The zero-order valence-corrected chi connectivity index (χ0v) is 6.92. The van der Waals surface area contributed by atoms with E-state index >= 15 is 0 Å². The molecule has 0 N–H and O–H groups in total. The first kappa shape index (κ1) is 8.29. The minimum absolute atomic E-state index is 0. The summed E-state index contributed by atoms with van der Waals surface area (Å²) in [5, 5.41) is 0. The van der Waals surface area contributed by atoms with Crippen LogP contribution in [-0.4, -0.2) is 6.61 Å². The minimum atomic E-state index is 0. The molecule has 1 aromatic rings. The fraction of sp³-hybridized carbons (Fsp3) is 0.111. The Kier molecular flexibility index (Phi) is 2.67. The zero-order valence-electron chi connectivity index (χ0n) is 6.03. The summed E-state index contributed by atoms with van der Waals surface area (Å²) in [7, 11) is 0. The van der Waals surface area contributed by atoms with E-state index in [1.807, 2.05) is 30.3 Å². The molecule has 0 fully saturated rings. The van der Waals surface area contributed by atoms with Crippen LogP contribution in [0.15, 0.2) is 30.3 Å². The molecule has 3 radical (unpaired) electrons. The van der Waals surface area contributed by atoms with E-state index in [0.717, 1.165) is 5.75 Å². The van der Waals surface area contributed by atoms with Crippen molar-refractivity contribution in [1.82, 2.24) is 0 Å². The first-order valence-corrected chi connectivity index (χ1v) is 3.35. The Hall–Kier alpha value is -0.810. The third-order valence-corrected chi connectivity index (χ3v) is 1.55. The number of para-hydroxylation sites is 1. The van der Waals surface area contributed by atoms with E-state index in [4.69, 9.17) is 4.74 Å². The van der Waals surface area contributed by atoms with E-state index in [1.165, 1.54) is 5.56 Å². The lowest BCUT2D eigenvalue weighted by Gasteiger charge is -2.10. The first-order valence-electron chi connectivity index (χ1n) is 3.35. The van der Waals surface area contributed by atoms with Crippen LogP contribution >= 0.6 is 9.90 Å². The SMILES string of the molecule is C1=Cc2ccccc2OC1.[P]. The van der Waals surface area contributed by atoms with Crippen LogP contribution < -0.4 is 4.74 Å². The highest BCUT2D eigenvalue weighted by atomic mass is 31.0. The maximum atomic E-state index is 5.34. The molecule has 1 aliphatic rings. The molecular weight excluding hydrogens is 155 g/mol. The molecule has 0 saturated carbocycles. The second kappa shape index (κ2) is 3.54. The maximum Gasteiger partial charge on any atom is 0.126 e. The average Bonchev–Trinajstić information content (AvgIpc) is 2.05. The van der Waals surface area contributed by atoms with E-state index in [2.05, 4.69) is 6.08 Å². The summed E-state index contributed by atoms with van der Waals surface area (Å²) >= 11 is 0. The molecule has 1 nitrogen and oxygen atoms in total. The predicted octanol–water partition coefficient (Wildman–Crippen LogP) is 2.95. The van der Waals surface area contributed by atoms with Crippen LogP contribution in [0.25, 0.3) is 6.08 Å². The quantitative estimate of drug-likeness (QED) is 0.534. The molecular formula is C9H8OP. The molecule has 0 amide bonds. The molecule has 2 heteroatoms. The van der Waals surface area contributed by atoms with Gasteiger partial charge in [0.2, 0.25) is 0 Å². The first-order chi connectivity index (χ1) is 4.97. The monoisotopic (exact) mass is 163 g/mol. The highest BCUT2D eigenvalue weighted by molar-refractivity contribution is 6.92. The Morgan fingerprint density at radius 2 is 2.00 bits per heavy atom. The lowest BCUT2D eigenvalue weighted by atomic mass is 10.1. The molecule has 2 rings (SSSR count). The molecule has 0 atom stereocenters. The highest BCUT2D eigenvalue weighted by Crippen LogP contribution is 2.21. The van der Waals surface area contributed by atoms with E-state index in [9.17, 15) is 0 Å². The average molecular weight is 163 g/mol. The van der Waals surface area contributed by atoms with Crippen molar-refractivity contribution in [2.24, 2.45) is 0 Å². The van der Waals surface area contributed by atoms with Crippen molar-refractivity contribution in [3.8, 4) is 5.75 Å². The Balaban J connectivity index is 0.000000605. The van der Waals surface area contributed by atoms with Gasteiger partial charge in [0.15, 0.2) is 0 Å². The molecule has 55 valence electrons. The van der Waals surface area contributed by atoms with Crippen LogP contribution in [0.3, 0.4) is 0 Å². The second-order valence-corrected chi connectivity index (χ2v) is 2.25. The largest absolute Gasteiger partial charge is 0.489 e. The van der Waals surface area contributed by atoms with E-state index in [-0.39, 0.29) is 9.90 Å². The van der Waals surface area contributed by atoms with Crippen LogP contribution in [0.5, 0.6) is 5.75 Å². The summed E-state index contributed by atoms with van der Waals surface area (Å²) in [6, 6.07) is 8.03. The normalized spacial score (nSPS) is 12.7. The Morgan fingerprint density at radius 3 is 2.82 bits per heavy atom. The third kappa shape index (κ3) is 1.61. The molecule has 0 saturated heterocycles. The fourth-order valence-corrected chi connectivity index (χ4v) is 1.06. The Morgan fingerprint density at radius 1 is 1.18 bits per heavy atom. The van der Waals surface area contributed by atoms with Crippen LogP contribution in [-0.2, 0) is 0 Å². The van der Waals surface area contributed by atoms with Crippen molar-refractivity contribution >= 4 is 16.0 Å². The molecule has 0 spiro atoms. The van der Waals surface area contributed by atoms with E-state index in [0.29, 0.717) is 6.61 Å². The lowest BCUT2D eigenvalue weighted by molar-refractivity contribution is 0.358. The molecule has 0 bridgehead atoms. The van der Waals surface area contributed by atoms with Crippen LogP contribution in [0.4, 0.5) is 0 Å². The number of hydrogen-bond donors (Lipinski definition) is 0. The summed E-state index contributed by atoms with van der Waals surface area (Å²) in [6.45, 7) is 0.705. The Bertz CT molecular complexity index is 268. The predicted molar refractivity (Wildman–Crippen MR) is 47.9 cm³/mol. The highest BCUT2D eigenvalue weighted by Gasteiger charge is 2.01. The number of benzene rings is 1. The molecule has 0 unspecified atom stereocenters. The number of hydrogen-bond acceptors (Lipinski definition) is 1.